The number of thioether (sulfide) groups is 1. The molecule has 0 aromatic heterocycles. The molecule has 2 atom stereocenters. The molecular weight excluding hydrogens is 536 g/mol. The number of amides is 2. The fourth-order valence-electron chi connectivity index (χ4n) is 3.95. The van der Waals surface area contributed by atoms with Crippen LogP contribution in [0.5, 0.6) is 0 Å². The topological polar surface area (TPSA) is 123 Å². The van der Waals surface area contributed by atoms with E-state index in [4.69, 9.17) is 22.1 Å². The van der Waals surface area contributed by atoms with Crippen LogP contribution in [0.2, 0.25) is 5.02 Å². The molecule has 0 saturated heterocycles. The smallest absolute Gasteiger partial charge is 0.256 e. The number of carbonyl (C=O) groups excluding carboxylic acids is 3. The number of ether oxygens (including phenoxy) is 1. The van der Waals surface area contributed by atoms with Crippen molar-refractivity contribution in [3.63, 3.8) is 0 Å². The standard InChI is InChI=1S/C29H27ClN4O4S/c1-17(16-38-2)32-27(36)23-24(31)26(39-29(23)33-20-14-12-19(30)13-15-20)28(37)34-22-11-7-6-10-21(22)25(35)18-8-4-3-5-9-18/h3-15,17,26H,16,31H2,1-2H3,(H,32,36)(H,34,37)/t17-,26+/m1/s1. The van der Waals surface area contributed by atoms with Gasteiger partial charge >= 0.3 is 0 Å². The molecule has 0 aliphatic carbocycles. The second kappa shape index (κ2) is 12.8. The zero-order valence-electron chi connectivity index (χ0n) is 21.3. The van der Waals surface area contributed by atoms with E-state index in [1.165, 1.54) is 7.11 Å². The summed E-state index contributed by atoms with van der Waals surface area (Å²) in [5, 5.41) is 5.55. The van der Waals surface area contributed by atoms with E-state index in [2.05, 4.69) is 15.6 Å². The Balaban J connectivity index is 1.64. The van der Waals surface area contributed by atoms with E-state index in [-0.39, 0.29) is 23.1 Å². The molecular formula is C29H27ClN4O4S. The maximum atomic E-state index is 13.5. The van der Waals surface area contributed by atoms with Gasteiger partial charge in [-0.15, -0.1) is 0 Å². The number of hydrogen-bond donors (Lipinski definition) is 3. The first-order chi connectivity index (χ1) is 18.8. The second-order valence-corrected chi connectivity index (χ2v) is 10.3. The van der Waals surface area contributed by atoms with Gasteiger partial charge in [0.1, 0.15) is 10.3 Å². The van der Waals surface area contributed by atoms with Gasteiger partial charge in [0.25, 0.3) is 5.91 Å². The predicted molar refractivity (Wildman–Crippen MR) is 156 cm³/mol. The lowest BCUT2D eigenvalue weighted by molar-refractivity contribution is -0.117. The molecule has 3 aromatic rings. The molecule has 8 nitrogen and oxygen atoms in total. The van der Waals surface area contributed by atoms with Gasteiger partial charge in [-0.2, -0.15) is 0 Å². The lowest BCUT2D eigenvalue weighted by Gasteiger charge is -2.15. The molecule has 1 heterocycles. The first kappa shape index (κ1) is 28.1. The highest BCUT2D eigenvalue weighted by Crippen LogP contribution is 2.36. The van der Waals surface area contributed by atoms with Crippen molar-refractivity contribution in [1.29, 1.82) is 0 Å². The van der Waals surface area contributed by atoms with Gasteiger partial charge in [0.15, 0.2) is 5.78 Å². The lowest BCUT2D eigenvalue weighted by Crippen LogP contribution is -2.38. The molecule has 200 valence electrons. The largest absolute Gasteiger partial charge is 0.400 e. The summed E-state index contributed by atoms with van der Waals surface area (Å²) in [6.07, 6.45) is 0. The van der Waals surface area contributed by atoms with Crippen LogP contribution in [0, 0.1) is 0 Å². The number of anilines is 1. The Bertz CT molecular complexity index is 1440. The van der Waals surface area contributed by atoms with E-state index in [9.17, 15) is 14.4 Å². The van der Waals surface area contributed by atoms with Crippen LogP contribution in [0.25, 0.3) is 0 Å². The average molecular weight is 563 g/mol. The molecule has 10 heteroatoms. The SMILES string of the molecule is COC[C@@H](C)NC(=O)C1=C(N)[C@@H](C(=O)Nc2ccccc2C(=O)c2ccccc2)SC1=Nc1ccc(Cl)cc1. The first-order valence-electron chi connectivity index (χ1n) is 12.1. The molecule has 1 aliphatic rings. The number of nitrogens with two attached hydrogens (primary N) is 1. The molecule has 4 N–H and O–H groups in total. The number of methoxy groups -OCH3 is 1. The minimum absolute atomic E-state index is 0.0687. The number of halogens is 1. The number of ketones is 1. The number of carbonyl (C=O) groups is 3. The summed E-state index contributed by atoms with van der Waals surface area (Å²) in [6.45, 7) is 2.09. The summed E-state index contributed by atoms with van der Waals surface area (Å²) in [4.78, 5) is 44.4. The van der Waals surface area contributed by atoms with Crippen molar-refractivity contribution < 1.29 is 19.1 Å². The molecule has 0 unspecified atom stereocenters. The third kappa shape index (κ3) is 6.75. The van der Waals surface area contributed by atoms with Crippen LogP contribution in [0.4, 0.5) is 11.4 Å². The van der Waals surface area contributed by atoms with E-state index in [0.29, 0.717) is 39.2 Å². The highest BCUT2D eigenvalue weighted by molar-refractivity contribution is 8.16. The molecule has 2 amide bonds. The first-order valence-corrected chi connectivity index (χ1v) is 13.3. The predicted octanol–water partition coefficient (Wildman–Crippen LogP) is 4.72. The summed E-state index contributed by atoms with van der Waals surface area (Å²) in [5.74, 6) is -1.18. The summed E-state index contributed by atoms with van der Waals surface area (Å²) >= 11 is 7.06. The van der Waals surface area contributed by atoms with Gasteiger partial charge in [-0.25, -0.2) is 4.99 Å². The van der Waals surface area contributed by atoms with Crippen LogP contribution in [-0.4, -0.2) is 47.6 Å². The number of hydrogen-bond acceptors (Lipinski definition) is 7. The molecule has 39 heavy (non-hydrogen) atoms. The maximum Gasteiger partial charge on any atom is 0.256 e. The van der Waals surface area contributed by atoms with Gasteiger partial charge in [0.2, 0.25) is 5.91 Å². The zero-order valence-corrected chi connectivity index (χ0v) is 22.9. The third-order valence-electron chi connectivity index (χ3n) is 5.80. The van der Waals surface area contributed by atoms with Crippen LogP contribution in [0.1, 0.15) is 22.8 Å². The van der Waals surface area contributed by atoms with E-state index in [1.54, 1.807) is 79.7 Å². The quantitative estimate of drug-likeness (QED) is 0.324. The molecule has 0 saturated carbocycles. The van der Waals surface area contributed by atoms with Gasteiger partial charge < -0.3 is 21.1 Å². The summed E-state index contributed by atoms with van der Waals surface area (Å²) in [7, 11) is 1.54. The summed E-state index contributed by atoms with van der Waals surface area (Å²) < 4.78 is 5.11. The van der Waals surface area contributed by atoms with Crippen molar-refractivity contribution in [1.82, 2.24) is 5.32 Å². The number of rotatable bonds is 9. The number of nitrogens with zero attached hydrogens (tertiary/aromatic N) is 1. The Morgan fingerprint density at radius 3 is 2.38 bits per heavy atom. The fraction of sp³-hybridized carbons (Fsp3) is 0.172. The normalized spacial score (nSPS) is 16.7. The molecule has 3 aromatic carbocycles. The van der Waals surface area contributed by atoms with Crippen molar-refractivity contribution in [2.24, 2.45) is 10.7 Å². The maximum absolute atomic E-state index is 13.5. The van der Waals surface area contributed by atoms with Gasteiger partial charge in [-0.1, -0.05) is 65.8 Å². The Kier molecular flexibility index (Phi) is 9.19. The van der Waals surface area contributed by atoms with E-state index >= 15 is 0 Å². The number of para-hydroxylation sites is 1. The molecule has 4 rings (SSSR count). The minimum atomic E-state index is -0.950. The van der Waals surface area contributed by atoms with Crippen molar-refractivity contribution >= 4 is 57.4 Å². The second-order valence-electron chi connectivity index (χ2n) is 8.78. The molecule has 0 bridgehead atoms. The van der Waals surface area contributed by atoms with Crippen molar-refractivity contribution in [2.75, 3.05) is 19.0 Å². The Morgan fingerprint density at radius 1 is 1.03 bits per heavy atom. The van der Waals surface area contributed by atoms with Crippen molar-refractivity contribution in [2.45, 2.75) is 18.2 Å². The summed E-state index contributed by atoms with van der Waals surface area (Å²) in [6, 6.07) is 22.0. The highest BCUT2D eigenvalue weighted by atomic mass is 35.5. The lowest BCUT2D eigenvalue weighted by atomic mass is 10.0. The molecule has 0 spiro atoms. The van der Waals surface area contributed by atoms with Crippen LogP contribution in [0.3, 0.4) is 0 Å². The Morgan fingerprint density at radius 2 is 1.69 bits per heavy atom. The van der Waals surface area contributed by atoms with E-state index < -0.39 is 17.1 Å². The Labute approximate surface area is 235 Å². The average Bonchev–Trinajstić information content (AvgIpc) is 3.26. The number of benzene rings is 3. The van der Waals surface area contributed by atoms with E-state index in [0.717, 1.165) is 11.8 Å². The van der Waals surface area contributed by atoms with Crippen LogP contribution < -0.4 is 16.4 Å². The van der Waals surface area contributed by atoms with Gasteiger partial charge in [-0.3, -0.25) is 14.4 Å². The highest BCUT2D eigenvalue weighted by Gasteiger charge is 2.39. The van der Waals surface area contributed by atoms with Gasteiger partial charge in [0, 0.05) is 35.0 Å². The third-order valence-corrected chi connectivity index (χ3v) is 7.27. The van der Waals surface area contributed by atoms with Crippen LogP contribution >= 0.6 is 23.4 Å². The molecule has 0 fully saturated rings. The van der Waals surface area contributed by atoms with Gasteiger partial charge in [0.05, 0.1) is 23.6 Å². The number of aliphatic imine (C=N–C) groups is 1. The number of nitrogens with one attached hydrogen (secondary N) is 2. The summed E-state index contributed by atoms with van der Waals surface area (Å²) in [5.41, 5.74) is 8.33. The van der Waals surface area contributed by atoms with Gasteiger partial charge in [-0.05, 0) is 43.3 Å². The molecule has 0 radical (unpaired) electrons. The fourth-order valence-corrected chi connectivity index (χ4v) is 5.19. The zero-order chi connectivity index (χ0) is 27.9. The van der Waals surface area contributed by atoms with Crippen molar-refractivity contribution in [3.8, 4) is 0 Å². The van der Waals surface area contributed by atoms with Crippen LogP contribution in [0.15, 0.2) is 95.1 Å². The van der Waals surface area contributed by atoms with Crippen LogP contribution in [-0.2, 0) is 14.3 Å². The minimum Gasteiger partial charge on any atom is -0.400 e. The van der Waals surface area contributed by atoms with E-state index in [1.807, 2.05) is 6.07 Å². The van der Waals surface area contributed by atoms with Crippen molar-refractivity contribution in [3.05, 3.63) is 106 Å². The monoisotopic (exact) mass is 562 g/mol. The molecule has 1 aliphatic heterocycles. The Hall–Kier alpha value is -3.92.